The summed E-state index contributed by atoms with van der Waals surface area (Å²) in [6, 6.07) is 15.1. The van der Waals surface area contributed by atoms with E-state index < -0.39 is 0 Å². The molecule has 134 valence electrons. The summed E-state index contributed by atoms with van der Waals surface area (Å²) in [6.07, 6.45) is 0.961. The monoisotopic (exact) mass is 346 g/mol. The number of hydrogen-bond donors (Lipinski definition) is 2. The second kappa shape index (κ2) is 6.96. The Labute approximate surface area is 155 Å². The van der Waals surface area contributed by atoms with Crippen LogP contribution in [-0.2, 0) is 6.42 Å². The van der Waals surface area contributed by atoms with Gasteiger partial charge in [0.25, 0.3) is 0 Å². The summed E-state index contributed by atoms with van der Waals surface area (Å²) in [5, 5.41) is 8.25. The van der Waals surface area contributed by atoms with Gasteiger partial charge in [0.05, 0.1) is 17.9 Å². The lowest BCUT2D eigenvalue weighted by molar-refractivity contribution is 0.855. The van der Waals surface area contributed by atoms with E-state index in [-0.39, 0.29) is 0 Å². The number of hydrogen-bond acceptors (Lipinski definition) is 4. The molecule has 4 heteroatoms. The zero-order valence-electron chi connectivity index (χ0n) is 15.8. The molecule has 0 saturated carbocycles. The molecule has 0 aliphatic carbocycles. The van der Waals surface area contributed by atoms with Gasteiger partial charge in [0, 0.05) is 35.5 Å². The predicted octanol–water partition coefficient (Wildman–Crippen LogP) is 4.52. The molecule has 1 aromatic heterocycles. The molecule has 4 rings (SSSR count). The van der Waals surface area contributed by atoms with Gasteiger partial charge in [-0.3, -0.25) is 10.3 Å². The molecule has 0 atom stereocenters. The van der Waals surface area contributed by atoms with Crippen molar-refractivity contribution >= 4 is 28.0 Å². The number of rotatable bonds is 4. The van der Waals surface area contributed by atoms with E-state index in [1.165, 1.54) is 27.9 Å². The first-order valence-corrected chi connectivity index (χ1v) is 9.39. The number of nitrogens with zero attached hydrogens (tertiary/aromatic N) is 2. The summed E-state index contributed by atoms with van der Waals surface area (Å²) in [4.78, 5) is 7.22. The number of benzene rings is 2. The lowest BCUT2D eigenvalue weighted by Crippen LogP contribution is -2.20. The van der Waals surface area contributed by atoms with Crippen LogP contribution in [0.1, 0.15) is 23.7 Å². The highest BCUT2D eigenvalue weighted by Gasteiger charge is 2.14. The van der Waals surface area contributed by atoms with Crippen LogP contribution in [0.2, 0.25) is 0 Å². The highest BCUT2D eigenvalue weighted by Crippen LogP contribution is 2.33. The van der Waals surface area contributed by atoms with Gasteiger partial charge in [-0.05, 0) is 55.7 Å². The summed E-state index contributed by atoms with van der Waals surface area (Å²) in [7, 11) is 0. The van der Waals surface area contributed by atoms with Crippen LogP contribution in [0, 0.1) is 13.8 Å². The van der Waals surface area contributed by atoms with Crippen molar-refractivity contribution in [3.8, 4) is 0 Å². The van der Waals surface area contributed by atoms with Gasteiger partial charge in [0.1, 0.15) is 0 Å². The maximum absolute atomic E-state index is 4.86. The van der Waals surface area contributed by atoms with E-state index in [2.05, 4.69) is 78.8 Å². The number of anilines is 3. The second-order valence-electron chi connectivity index (χ2n) is 6.97. The van der Waals surface area contributed by atoms with Gasteiger partial charge in [0.2, 0.25) is 0 Å². The number of aryl methyl sites for hydroxylation is 2. The lowest BCUT2D eigenvalue weighted by atomic mass is 10.0. The molecule has 0 unspecified atom stereocenters. The lowest BCUT2D eigenvalue weighted by Gasteiger charge is -2.19. The third kappa shape index (κ3) is 3.01. The van der Waals surface area contributed by atoms with Crippen molar-refractivity contribution in [3.63, 3.8) is 0 Å². The van der Waals surface area contributed by atoms with Crippen molar-refractivity contribution in [2.75, 3.05) is 30.0 Å². The minimum atomic E-state index is 0.931. The van der Waals surface area contributed by atoms with Gasteiger partial charge in [-0.1, -0.05) is 25.1 Å². The SMILES string of the molecule is CCc1c(C)nc2c(C)cccc2c1Nc1ccc(N2CCNC2)cc1. The van der Waals surface area contributed by atoms with Crippen LogP contribution in [0.25, 0.3) is 10.9 Å². The van der Waals surface area contributed by atoms with Crippen LogP contribution in [0.5, 0.6) is 0 Å². The van der Waals surface area contributed by atoms with E-state index in [9.17, 15) is 0 Å². The van der Waals surface area contributed by atoms with Crippen molar-refractivity contribution in [1.29, 1.82) is 0 Å². The Balaban J connectivity index is 1.73. The van der Waals surface area contributed by atoms with Crippen LogP contribution >= 0.6 is 0 Å². The zero-order chi connectivity index (χ0) is 18.1. The molecule has 2 N–H and O–H groups in total. The summed E-state index contributed by atoms with van der Waals surface area (Å²) in [5.74, 6) is 0. The Bertz CT molecular complexity index is 925. The van der Waals surface area contributed by atoms with E-state index in [0.29, 0.717) is 0 Å². The summed E-state index contributed by atoms with van der Waals surface area (Å²) >= 11 is 0. The number of nitrogens with one attached hydrogen (secondary N) is 2. The molecule has 0 bridgehead atoms. The van der Waals surface area contributed by atoms with E-state index in [4.69, 9.17) is 4.98 Å². The zero-order valence-corrected chi connectivity index (χ0v) is 15.8. The second-order valence-corrected chi connectivity index (χ2v) is 6.97. The van der Waals surface area contributed by atoms with Crippen molar-refractivity contribution in [1.82, 2.24) is 10.3 Å². The molecule has 0 radical (unpaired) electrons. The van der Waals surface area contributed by atoms with Crippen LogP contribution < -0.4 is 15.5 Å². The highest BCUT2D eigenvalue weighted by atomic mass is 15.3. The minimum Gasteiger partial charge on any atom is -0.357 e. The number of para-hydroxylation sites is 1. The van der Waals surface area contributed by atoms with E-state index in [1.54, 1.807) is 0 Å². The summed E-state index contributed by atoms with van der Waals surface area (Å²) < 4.78 is 0. The van der Waals surface area contributed by atoms with E-state index in [1.807, 2.05) is 0 Å². The van der Waals surface area contributed by atoms with Crippen molar-refractivity contribution in [3.05, 3.63) is 59.3 Å². The fourth-order valence-electron chi connectivity index (χ4n) is 3.79. The van der Waals surface area contributed by atoms with Gasteiger partial charge in [-0.25, -0.2) is 0 Å². The van der Waals surface area contributed by atoms with Crippen molar-refractivity contribution < 1.29 is 0 Å². The molecule has 2 heterocycles. The van der Waals surface area contributed by atoms with Crippen molar-refractivity contribution in [2.45, 2.75) is 27.2 Å². The third-order valence-corrected chi connectivity index (χ3v) is 5.24. The Morgan fingerprint density at radius 1 is 1.12 bits per heavy atom. The van der Waals surface area contributed by atoms with Crippen LogP contribution in [0.4, 0.5) is 17.1 Å². The fourth-order valence-corrected chi connectivity index (χ4v) is 3.79. The highest BCUT2D eigenvalue weighted by molar-refractivity contribution is 5.96. The number of aromatic nitrogens is 1. The molecule has 1 saturated heterocycles. The molecule has 2 aromatic carbocycles. The fraction of sp³-hybridized carbons (Fsp3) is 0.318. The maximum Gasteiger partial charge on any atom is 0.0755 e. The van der Waals surface area contributed by atoms with Gasteiger partial charge < -0.3 is 10.2 Å². The largest absolute Gasteiger partial charge is 0.357 e. The van der Waals surface area contributed by atoms with Crippen LogP contribution in [-0.4, -0.2) is 24.7 Å². The quantitative estimate of drug-likeness (QED) is 0.728. The Morgan fingerprint density at radius 3 is 2.62 bits per heavy atom. The molecular weight excluding hydrogens is 320 g/mol. The number of pyridine rings is 1. The summed E-state index contributed by atoms with van der Waals surface area (Å²) in [6.45, 7) is 9.49. The maximum atomic E-state index is 4.86. The summed E-state index contributed by atoms with van der Waals surface area (Å²) in [5.41, 5.74) is 8.27. The first-order chi connectivity index (χ1) is 12.7. The Hall–Kier alpha value is -2.59. The molecule has 1 aliphatic heterocycles. The average molecular weight is 346 g/mol. The standard InChI is InChI=1S/C22H26N4/c1-4-19-16(3)24-21-15(2)6-5-7-20(21)22(19)25-17-8-10-18(11-9-17)26-13-12-23-14-26/h5-11,23H,4,12-14H2,1-3H3,(H,24,25). The van der Waals surface area contributed by atoms with E-state index >= 15 is 0 Å². The average Bonchev–Trinajstić information content (AvgIpc) is 3.18. The normalized spacial score (nSPS) is 14.2. The van der Waals surface area contributed by atoms with Crippen LogP contribution in [0.3, 0.4) is 0 Å². The molecule has 0 spiro atoms. The molecule has 26 heavy (non-hydrogen) atoms. The Morgan fingerprint density at radius 2 is 1.92 bits per heavy atom. The van der Waals surface area contributed by atoms with Crippen LogP contribution in [0.15, 0.2) is 42.5 Å². The molecule has 0 amide bonds. The smallest absolute Gasteiger partial charge is 0.0755 e. The van der Waals surface area contributed by atoms with Gasteiger partial charge in [-0.15, -0.1) is 0 Å². The van der Waals surface area contributed by atoms with E-state index in [0.717, 1.165) is 43.1 Å². The predicted molar refractivity (Wildman–Crippen MR) is 111 cm³/mol. The molecule has 1 fully saturated rings. The molecule has 1 aliphatic rings. The molecule has 3 aromatic rings. The van der Waals surface area contributed by atoms with Gasteiger partial charge in [0.15, 0.2) is 0 Å². The third-order valence-electron chi connectivity index (χ3n) is 5.24. The first-order valence-electron chi connectivity index (χ1n) is 9.39. The molecule has 4 nitrogen and oxygen atoms in total. The molecular formula is C22H26N4. The van der Waals surface area contributed by atoms with Crippen molar-refractivity contribution in [2.24, 2.45) is 0 Å². The topological polar surface area (TPSA) is 40.2 Å². The Kier molecular flexibility index (Phi) is 4.51. The van der Waals surface area contributed by atoms with Gasteiger partial charge >= 0.3 is 0 Å². The first kappa shape index (κ1) is 16.9. The minimum absolute atomic E-state index is 0.931. The number of fused-ring (bicyclic) bond motifs is 1. The van der Waals surface area contributed by atoms with Gasteiger partial charge in [-0.2, -0.15) is 0 Å².